The van der Waals surface area contributed by atoms with Crippen LogP contribution < -0.4 is 0 Å². The van der Waals surface area contributed by atoms with Gasteiger partial charge in [-0.25, -0.2) is 4.39 Å². The van der Waals surface area contributed by atoms with E-state index in [4.69, 9.17) is 11.6 Å². The molecule has 1 unspecified atom stereocenters. The van der Waals surface area contributed by atoms with Gasteiger partial charge >= 0.3 is 0 Å². The van der Waals surface area contributed by atoms with Crippen molar-refractivity contribution in [3.05, 3.63) is 64.7 Å². The summed E-state index contributed by atoms with van der Waals surface area (Å²) in [5.74, 6) is -0.383. The molecule has 1 atom stereocenters. The van der Waals surface area contributed by atoms with Crippen LogP contribution in [0.2, 0.25) is 5.02 Å². The van der Waals surface area contributed by atoms with Gasteiger partial charge in [0.1, 0.15) is 5.82 Å². The van der Waals surface area contributed by atoms with Crippen LogP contribution in [0.3, 0.4) is 0 Å². The summed E-state index contributed by atoms with van der Waals surface area (Å²) in [6, 6.07) is 9.46. The van der Waals surface area contributed by atoms with E-state index >= 15 is 0 Å². The van der Waals surface area contributed by atoms with Gasteiger partial charge in [0, 0.05) is 17.6 Å². The molecule has 1 aromatic carbocycles. The highest BCUT2D eigenvalue weighted by Crippen LogP contribution is 2.23. The summed E-state index contributed by atoms with van der Waals surface area (Å²) in [5, 5.41) is 10.3. The molecule has 0 fully saturated rings. The number of aliphatic hydroxyl groups excluding tert-OH is 1. The minimum absolute atomic E-state index is 0.316. The Bertz CT molecular complexity index is 504. The first-order chi connectivity index (χ1) is 8.16. The van der Waals surface area contributed by atoms with Crippen molar-refractivity contribution in [2.75, 3.05) is 0 Å². The molecule has 2 nitrogen and oxygen atoms in total. The van der Waals surface area contributed by atoms with Gasteiger partial charge in [0.05, 0.1) is 11.8 Å². The van der Waals surface area contributed by atoms with Gasteiger partial charge in [-0.2, -0.15) is 0 Å². The van der Waals surface area contributed by atoms with E-state index in [0.29, 0.717) is 22.7 Å². The number of hydrogen-bond donors (Lipinski definition) is 1. The van der Waals surface area contributed by atoms with Gasteiger partial charge in [0.25, 0.3) is 0 Å². The number of hydrogen-bond acceptors (Lipinski definition) is 2. The summed E-state index contributed by atoms with van der Waals surface area (Å²) >= 11 is 5.89. The molecule has 0 saturated carbocycles. The van der Waals surface area contributed by atoms with Crippen LogP contribution in [0.4, 0.5) is 4.39 Å². The normalized spacial score (nSPS) is 12.4. The number of aliphatic hydroxyl groups is 1. The largest absolute Gasteiger partial charge is 0.386 e. The van der Waals surface area contributed by atoms with Crippen LogP contribution in [0.1, 0.15) is 17.4 Å². The van der Waals surface area contributed by atoms with E-state index < -0.39 is 6.10 Å². The molecule has 0 aliphatic rings. The highest BCUT2D eigenvalue weighted by atomic mass is 35.5. The lowest BCUT2D eigenvalue weighted by atomic mass is 10.1. The maximum absolute atomic E-state index is 12.8. The molecule has 0 aliphatic heterocycles. The Morgan fingerprint density at radius 3 is 2.76 bits per heavy atom. The smallest absolute Gasteiger partial charge is 0.124 e. The second-order valence-corrected chi connectivity index (χ2v) is 4.12. The molecule has 0 bridgehead atoms. The lowest BCUT2D eigenvalue weighted by Gasteiger charge is -2.11. The van der Waals surface area contributed by atoms with Crippen LogP contribution in [-0.4, -0.2) is 10.1 Å². The maximum atomic E-state index is 12.8. The van der Waals surface area contributed by atoms with Gasteiger partial charge in [0.2, 0.25) is 0 Å². The summed E-state index contributed by atoms with van der Waals surface area (Å²) in [5.41, 5.74) is 1.28. The lowest BCUT2D eigenvalue weighted by Crippen LogP contribution is -2.04. The second-order valence-electron chi connectivity index (χ2n) is 3.71. The number of benzene rings is 1. The highest BCUT2D eigenvalue weighted by molar-refractivity contribution is 6.31. The summed E-state index contributed by atoms with van der Waals surface area (Å²) in [7, 11) is 0. The first kappa shape index (κ1) is 12.0. The van der Waals surface area contributed by atoms with Crippen LogP contribution in [-0.2, 0) is 6.42 Å². The Kier molecular flexibility index (Phi) is 3.71. The molecule has 88 valence electrons. The summed E-state index contributed by atoms with van der Waals surface area (Å²) in [4.78, 5) is 4.05. The van der Waals surface area contributed by atoms with Crippen molar-refractivity contribution in [3.63, 3.8) is 0 Å². The van der Waals surface area contributed by atoms with E-state index in [-0.39, 0.29) is 5.82 Å². The van der Waals surface area contributed by atoms with Crippen LogP contribution in [0.25, 0.3) is 0 Å². The topological polar surface area (TPSA) is 33.1 Å². The molecule has 0 radical (unpaired) electrons. The van der Waals surface area contributed by atoms with Crippen LogP contribution in [0, 0.1) is 5.82 Å². The summed E-state index contributed by atoms with van der Waals surface area (Å²) in [6.07, 6.45) is 1.19. The fourth-order valence-electron chi connectivity index (χ4n) is 1.57. The van der Waals surface area contributed by atoms with Crippen molar-refractivity contribution >= 4 is 11.6 Å². The van der Waals surface area contributed by atoms with Crippen molar-refractivity contribution in [2.45, 2.75) is 12.5 Å². The predicted molar refractivity (Wildman–Crippen MR) is 64.3 cm³/mol. The molecule has 0 amide bonds. The van der Waals surface area contributed by atoms with Crippen molar-refractivity contribution in [2.24, 2.45) is 0 Å². The molecular weight excluding hydrogens is 241 g/mol. The standard InChI is InChI=1S/C13H11ClFNO/c14-11-8-10(15)5-4-9(11)7-13(17)12-3-1-2-6-16-12/h1-6,8,13,17H,7H2. The van der Waals surface area contributed by atoms with E-state index in [1.807, 2.05) is 0 Å². The third-order valence-electron chi connectivity index (χ3n) is 2.46. The Hall–Kier alpha value is -1.45. The fraction of sp³-hybridized carbons (Fsp3) is 0.154. The molecule has 4 heteroatoms. The van der Waals surface area contributed by atoms with Gasteiger partial charge in [-0.3, -0.25) is 4.98 Å². The zero-order valence-corrected chi connectivity index (χ0v) is 9.73. The van der Waals surface area contributed by atoms with Crippen molar-refractivity contribution in [1.29, 1.82) is 0 Å². The molecule has 1 N–H and O–H groups in total. The number of pyridine rings is 1. The first-order valence-corrected chi connectivity index (χ1v) is 5.57. The molecule has 0 spiro atoms. The zero-order valence-electron chi connectivity index (χ0n) is 8.98. The van der Waals surface area contributed by atoms with E-state index in [1.54, 1.807) is 30.5 Å². The van der Waals surface area contributed by atoms with E-state index in [2.05, 4.69) is 4.98 Å². The van der Waals surface area contributed by atoms with Crippen molar-refractivity contribution in [1.82, 2.24) is 4.98 Å². The Balaban J connectivity index is 2.16. The lowest BCUT2D eigenvalue weighted by molar-refractivity contribution is 0.173. The SMILES string of the molecule is OC(Cc1ccc(F)cc1Cl)c1ccccn1. The third-order valence-corrected chi connectivity index (χ3v) is 2.81. The monoisotopic (exact) mass is 251 g/mol. The molecule has 1 heterocycles. The average molecular weight is 252 g/mol. The number of rotatable bonds is 3. The highest BCUT2D eigenvalue weighted by Gasteiger charge is 2.12. The molecule has 1 aromatic heterocycles. The zero-order chi connectivity index (χ0) is 12.3. The summed E-state index contributed by atoms with van der Waals surface area (Å²) < 4.78 is 12.8. The van der Waals surface area contributed by atoms with Crippen molar-refractivity contribution in [3.8, 4) is 0 Å². The first-order valence-electron chi connectivity index (χ1n) is 5.20. The molecule has 2 aromatic rings. The van der Waals surface area contributed by atoms with E-state index in [0.717, 1.165) is 0 Å². The van der Waals surface area contributed by atoms with Gasteiger partial charge in [-0.1, -0.05) is 23.7 Å². The predicted octanol–water partition coefficient (Wildman–Crippen LogP) is 3.15. The Labute approximate surface area is 104 Å². The maximum Gasteiger partial charge on any atom is 0.124 e. The van der Waals surface area contributed by atoms with Crippen molar-refractivity contribution < 1.29 is 9.50 Å². The second kappa shape index (κ2) is 5.25. The molecule has 2 rings (SSSR count). The van der Waals surface area contributed by atoms with E-state index in [1.165, 1.54) is 12.1 Å². The Morgan fingerprint density at radius 2 is 2.12 bits per heavy atom. The van der Waals surface area contributed by atoms with Gasteiger partial charge < -0.3 is 5.11 Å². The van der Waals surface area contributed by atoms with Crippen LogP contribution in [0.15, 0.2) is 42.6 Å². The minimum Gasteiger partial charge on any atom is -0.386 e. The molecule has 0 saturated heterocycles. The Morgan fingerprint density at radius 1 is 1.29 bits per heavy atom. The van der Waals surface area contributed by atoms with Crippen LogP contribution in [0.5, 0.6) is 0 Å². The summed E-state index contributed by atoms with van der Waals surface area (Å²) in [6.45, 7) is 0. The average Bonchev–Trinajstić information content (AvgIpc) is 2.34. The number of halogens is 2. The molecule has 17 heavy (non-hydrogen) atoms. The molecule has 0 aliphatic carbocycles. The minimum atomic E-state index is -0.737. The number of nitrogens with zero attached hydrogens (tertiary/aromatic N) is 1. The fourth-order valence-corrected chi connectivity index (χ4v) is 1.82. The number of aromatic nitrogens is 1. The quantitative estimate of drug-likeness (QED) is 0.909. The van der Waals surface area contributed by atoms with Crippen LogP contribution >= 0.6 is 11.6 Å². The van der Waals surface area contributed by atoms with Gasteiger partial charge in [-0.05, 0) is 29.8 Å². The van der Waals surface area contributed by atoms with Gasteiger partial charge in [0.15, 0.2) is 0 Å². The van der Waals surface area contributed by atoms with Gasteiger partial charge in [-0.15, -0.1) is 0 Å². The third kappa shape index (κ3) is 3.02. The molecular formula is C13H11ClFNO. The van der Waals surface area contributed by atoms with E-state index in [9.17, 15) is 9.50 Å².